The molecule has 1 aromatic heterocycles. The van der Waals surface area contributed by atoms with E-state index in [1.54, 1.807) is 0 Å². The number of aliphatic hydroxyl groups excluding tert-OH is 1. The van der Waals surface area contributed by atoms with E-state index >= 15 is 0 Å². The molecule has 5 N–H and O–H groups in total. The summed E-state index contributed by atoms with van der Waals surface area (Å²) in [6, 6.07) is 0. The second kappa shape index (κ2) is 4.37. The fraction of sp³-hybridized carbons (Fsp3) is 0.500. The number of nitrogens with one attached hydrogen (secondary N) is 2. The molecule has 1 aliphatic heterocycles. The molecule has 0 fully saturated rings. The number of rotatable bonds is 4. The van der Waals surface area contributed by atoms with Crippen molar-refractivity contribution in [3.63, 3.8) is 0 Å². The number of fused-ring (bicyclic) bond motifs is 1. The number of H-pyrrole nitrogens is 1. The van der Waals surface area contributed by atoms with Crippen LogP contribution in [0.1, 0.15) is 6.42 Å². The van der Waals surface area contributed by atoms with E-state index in [9.17, 15) is 4.79 Å². The summed E-state index contributed by atoms with van der Waals surface area (Å²) in [7, 11) is 0. The molecule has 2 heterocycles. The van der Waals surface area contributed by atoms with E-state index in [1.807, 2.05) is 0 Å². The Morgan fingerprint density at radius 1 is 1.62 bits per heavy atom. The van der Waals surface area contributed by atoms with Crippen LogP contribution in [0, 0.1) is 0 Å². The van der Waals surface area contributed by atoms with Gasteiger partial charge in [0.1, 0.15) is 12.4 Å². The second-order valence-electron chi connectivity index (χ2n) is 3.27. The summed E-state index contributed by atoms with van der Waals surface area (Å²) in [6.45, 7) is 0.741. The highest BCUT2D eigenvalue weighted by molar-refractivity contribution is 5.69. The number of nitrogens with two attached hydrogens (primary N) is 1. The van der Waals surface area contributed by atoms with E-state index in [1.165, 1.54) is 5.06 Å². The molecule has 0 spiro atoms. The van der Waals surface area contributed by atoms with Gasteiger partial charge >= 0.3 is 0 Å². The summed E-state index contributed by atoms with van der Waals surface area (Å²) in [5, 5.41) is 12.9. The van der Waals surface area contributed by atoms with Crippen molar-refractivity contribution in [1.29, 1.82) is 0 Å². The van der Waals surface area contributed by atoms with Gasteiger partial charge in [0.05, 0.1) is 6.61 Å². The summed E-state index contributed by atoms with van der Waals surface area (Å²) in [6.07, 6.45) is 0.518. The van der Waals surface area contributed by atoms with Crippen molar-refractivity contribution < 1.29 is 9.94 Å². The maximum atomic E-state index is 11.4. The third kappa shape index (κ3) is 1.92. The molecule has 0 amide bonds. The summed E-state index contributed by atoms with van der Waals surface area (Å²) in [4.78, 5) is 23.1. The van der Waals surface area contributed by atoms with Crippen molar-refractivity contribution in [2.45, 2.75) is 6.42 Å². The highest BCUT2D eigenvalue weighted by atomic mass is 16.7. The van der Waals surface area contributed by atoms with Gasteiger partial charge in [0.2, 0.25) is 5.95 Å². The fourth-order valence-electron chi connectivity index (χ4n) is 1.39. The third-order valence-corrected chi connectivity index (χ3v) is 2.10. The monoisotopic (exact) mass is 227 g/mol. The molecule has 0 aromatic carbocycles. The first-order valence-electron chi connectivity index (χ1n) is 4.87. The number of hydrogen-bond acceptors (Lipinski definition) is 7. The molecule has 16 heavy (non-hydrogen) atoms. The fourth-order valence-corrected chi connectivity index (χ4v) is 1.39. The summed E-state index contributed by atoms with van der Waals surface area (Å²) in [5.74, 6) is 0.419. The molecule has 0 saturated heterocycles. The first kappa shape index (κ1) is 10.7. The van der Waals surface area contributed by atoms with E-state index in [-0.39, 0.29) is 18.1 Å². The van der Waals surface area contributed by atoms with Gasteiger partial charge in [-0.2, -0.15) is 4.98 Å². The van der Waals surface area contributed by atoms with Gasteiger partial charge in [0.25, 0.3) is 5.56 Å². The molecule has 0 bridgehead atoms. The lowest BCUT2D eigenvalue weighted by Gasteiger charge is -2.15. The van der Waals surface area contributed by atoms with Crippen LogP contribution < -0.4 is 21.7 Å². The number of aromatic amines is 1. The van der Waals surface area contributed by atoms with E-state index in [4.69, 9.17) is 15.7 Å². The Kier molecular flexibility index (Phi) is 2.93. The Labute approximate surface area is 91.0 Å². The molecule has 8 heteroatoms. The minimum absolute atomic E-state index is 0.0446. The predicted molar refractivity (Wildman–Crippen MR) is 57.9 cm³/mol. The summed E-state index contributed by atoms with van der Waals surface area (Å²) in [5.41, 5.74) is 5.45. The van der Waals surface area contributed by atoms with Crippen LogP contribution in [0.3, 0.4) is 0 Å². The van der Waals surface area contributed by atoms with Crippen molar-refractivity contribution in [3.05, 3.63) is 10.4 Å². The number of aromatic nitrogens is 2. The SMILES string of the molecule is Nc1nc2c(c(=O)[nH]1)NCN2OCCCO. The third-order valence-electron chi connectivity index (χ3n) is 2.10. The van der Waals surface area contributed by atoms with Crippen LogP contribution in [0.5, 0.6) is 0 Å². The van der Waals surface area contributed by atoms with Crippen molar-refractivity contribution >= 4 is 17.5 Å². The highest BCUT2D eigenvalue weighted by Gasteiger charge is 2.24. The average molecular weight is 227 g/mol. The maximum absolute atomic E-state index is 11.4. The zero-order valence-corrected chi connectivity index (χ0v) is 8.56. The minimum Gasteiger partial charge on any atom is -0.396 e. The lowest BCUT2D eigenvalue weighted by molar-refractivity contribution is 0.0982. The van der Waals surface area contributed by atoms with Crippen LogP contribution >= 0.6 is 0 Å². The number of aliphatic hydroxyl groups is 1. The molecule has 0 radical (unpaired) electrons. The Balaban J connectivity index is 2.16. The van der Waals surface area contributed by atoms with E-state index in [0.717, 1.165) is 0 Å². The van der Waals surface area contributed by atoms with Crippen LogP contribution in [-0.4, -0.2) is 35.0 Å². The zero-order valence-electron chi connectivity index (χ0n) is 8.56. The first-order valence-corrected chi connectivity index (χ1v) is 4.87. The van der Waals surface area contributed by atoms with Gasteiger partial charge in [-0.05, 0) is 6.42 Å². The molecule has 8 nitrogen and oxygen atoms in total. The molecular formula is C8H13N5O3. The normalized spacial score (nSPS) is 13.7. The Hall–Kier alpha value is -1.80. The molecule has 2 rings (SSSR count). The average Bonchev–Trinajstić information content (AvgIpc) is 2.62. The second-order valence-corrected chi connectivity index (χ2v) is 3.27. The Bertz CT molecular complexity index is 432. The van der Waals surface area contributed by atoms with Gasteiger partial charge in [0.15, 0.2) is 5.82 Å². The molecular weight excluding hydrogens is 214 g/mol. The lowest BCUT2D eigenvalue weighted by atomic mass is 10.5. The molecule has 1 aliphatic rings. The number of hydroxylamine groups is 1. The van der Waals surface area contributed by atoms with E-state index < -0.39 is 0 Å². The summed E-state index contributed by atoms with van der Waals surface area (Å²) < 4.78 is 0. The van der Waals surface area contributed by atoms with Gasteiger partial charge in [-0.3, -0.25) is 14.6 Å². The van der Waals surface area contributed by atoms with Crippen molar-refractivity contribution in [1.82, 2.24) is 9.97 Å². The van der Waals surface area contributed by atoms with Crippen LogP contribution in [-0.2, 0) is 4.84 Å². The molecule has 0 unspecified atom stereocenters. The van der Waals surface area contributed by atoms with Gasteiger partial charge in [-0.15, -0.1) is 0 Å². The number of hydrogen-bond donors (Lipinski definition) is 4. The topological polar surface area (TPSA) is 116 Å². The van der Waals surface area contributed by atoms with Crippen LogP contribution in [0.15, 0.2) is 4.79 Å². The molecule has 0 atom stereocenters. The van der Waals surface area contributed by atoms with Crippen LogP contribution in [0.4, 0.5) is 17.5 Å². The lowest BCUT2D eigenvalue weighted by Crippen LogP contribution is -2.24. The summed E-state index contributed by atoms with van der Waals surface area (Å²) >= 11 is 0. The highest BCUT2D eigenvalue weighted by Crippen LogP contribution is 2.25. The molecule has 0 aliphatic carbocycles. The number of anilines is 3. The maximum Gasteiger partial charge on any atom is 0.278 e. The Morgan fingerprint density at radius 3 is 3.19 bits per heavy atom. The van der Waals surface area contributed by atoms with Gasteiger partial charge < -0.3 is 16.2 Å². The van der Waals surface area contributed by atoms with Crippen molar-refractivity contribution in [3.8, 4) is 0 Å². The number of nitrogen functional groups attached to an aromatic ring is 1. The Morgan fingerprint density at radius 2 is 2.44 bits per heavy atom. The molecule has 1 aromatic rings. The zero-order chi connectivity index (χ0) is 11.5. The van der Waals surface area contributed by atoms with Gasteiger partial charge in [0, 0.05) is 6.61 Å². The quantitative estimate of drug-likeness (QED) is 0.480. The minimum atomic E-state index is -0.323. The number of nitrogens with zero attached hydrogens (tertiary/aromatic N) is 2. The first-order chi connectivity index (χ1) is 7.72. The van der Waals surface area contributed by atoms with Crippen LogP contribution in [0.2, 0.25) is 0 Å². The van der Waals surface area contributed by atoms with Crippen LogP contribution in [0.25, 0.3) is 0 Å². The van der Waals surface area contributed by atoms with Gasteiger partial charge in [-0.25, -0.2) is 5.06 Å². The van der Waals surface area contributed by atoms with E-state index in [0.29, 0.717) is 31.2 Å². The largest absolute Gasteiger partial charge is 0.396 e. The molecule has 0 saturated carbocycles. The predicted octanol–water partition coefficient (Wildman–Crippen LogP) is -1.14. The standard InChI is InChI=1S/C8H13N5O3/c9-8-11-6-5(7(15)12-8)10-4-13(6)16-3-1-2-14/h10,14H,1-4H2,(H3,9,11,12,15). The van der Waals surface area contributed by atoms with Crippen molar-refractivity contribution in [2.24, 2.45) is 0 Å². The van der Waals surface area contributed by atoms with Crippen molar-refractivity contribution in [2.75, 3.05) is 36.0 Å². The van der Waals surface area contributed by atoms with E-state index in [2.05, 4.69) is 15.3 Å². The smallest absolute Gasteiger partial charge is 0.278 e. The molecule has 88 valence electrons. The van der Waals surface area contributed by atoms with Gasteiger partial charge in [-0.1, -0.05) is 0 Å².